The second kappa shape index (κ2) is 8.00. The van der Waals surface area contributed by atoms with Gasteiger partial charge < -0.3 is 10.2 Å². The zero-order valence-corrected chi connectivity index (χ0v) is 14.3. The normalized spacial score (nSPS) is 15.3. The van der Waals surface area contributed by atoms with Gasteiger partial charge in [-0.2, -0.15) is 13.2 Å². The van der Waals surface area contributed by atoms with Crippen LogP contribution in [-0.2, 0) is 6.18 Å². The van der Waals surface area contributed by atoms with Crippen molar-refractivity contribution < 1.29 is 22.4 Å². The summed E-state index contributed by atoms with van der Waals surface area (Å²) in [5.74, 6) is -1.76. The van der Waals surface area contributed by atoms with Gasteiger partial charge in [-0.15, -0.1) is 17.5 Å². The van der Waals surface area contributed by atoms with Crippen LogP contribution in [0.25, 0.3) is 5.69 Å². The second-order valence-electron chi connectivity index (χ2n) is 5.54. The molecule has 0 bridgehead atoms. The number of benzene rings is 1. The first-order valence-electron chi connectivity index (χ1n) is 7.67. The predicted molar refractivity (Wildman–Crippen MR) is 87.0 cm³/mol. The molecule has 0 spiro atoms. The van der Waals surface area contributed by atoms with Gasteiger partial charge in [0.25, 0.3) is 5.91 Å². The third-order valence-electron chi connectivity index (χ3n) is 3.85. The fraction of sp³-hybridized carbons (Fsp3) is 0.400. The summed E-state index contributed by atoms with van der Waals surface area (Å²) in [5, 5.41) is 9.88. The highest BCUT2D eigenvalue weighted by molar-refractivity contribution is 5.93. The molecule has 2 heterocycles. The molecule has 0 atom stereocenters. The predicted octanol–water partition coefficient (Wildman–Crippen LogP) is 2.28. The van der Waals surface area contributed by atoms with E-state index in [0.29, 0.717) is 30.7 Å². The molecule has 1 aliphatic rings. The number of nitrogens with zero attached hydrogens (tertiary/aromatic N) is 4. The zero-order valence-electron chi connectivity index (χ0n) is 13.5. The summed E-state index contributed by atoms with van der Waals surface area (Å²) < 4.78 is 54.9. The van der Waals surface area contributed by atoms with Gasteiger partial charge in [0.1, 0.15) is 11.5 Å². The van der Waals surface area contributed by atoms with E-state index in [1.165, 1.54) is 17.0 Å². The van der Waals surface area contributed by atoms with Gasteiger partial charge in [-0.25, -0.2) is 9.07 Å². The molecule has 11 heteroatoms. The standard InChI is InChI=1S/C15H15F4N5O.ClH/c16-10-4-1-2-5-11(10)24-13(15(17,18)19)12(21-22-24)14(25)23-8-3-6-20-7-9-23;/h1-2,4-5,20H,3,6-9H2;1H. The van der Waals surface area contributed by atoms with E-state index in [4.69, 9.17) is 0 Å². The van der Waals surface area contributed by atoms with E-state index >= 15 is 0 Å². The first-order chi connectivity index (χ1) is 11.9. The molecule has 0 unspecified atom stereocenters. The lowest BCUT2D eigenvalue weighted by atomic mass is 10.2. The van der Waals surface area contributed by atoms with E-state index < -0.39 is 35.0 Å². The van der Waals surface area contributed by atoms with E-state index in [9.17, 15) is 22.4 Å². The first kappa shape index (κ1) is 20.1. The fourth-order valence-electron chi connectivity index (χ4n) is 2.67. The molecule has 1 aromatic heterocycles. The maximum absolute atomic E-state index is 13.9. The van der Waals surface area contributed by atoms with Crippen LogP contribution in [0.1, 0.15) is 22.6 Å². The molecule has 1 N–H and O–H groups in total. The smallest absolute Gasteiger partial charge is 0.336 e. The average molecular weight is 394 g/mol. The summed E-state index contributed by atoms with van der Waals surface area (Å²) >= 11 is 0. The summed E-state index contributed by atoms with van der Waals surface area (Å²) in [6, 6.07) is 4.88. The molecule has 1 aliphatic heterocycles. The molecule has 2 aromatic rings. The Morgan fingerprint density at radius 2 is 1.88 bits per heavy atom. The molecule has 6 nitrogen and oxygen atoms in total. The Hall–Kier alpha value is -2.20. The summed E-state index contributed by atoms with van der Waals surface area (Å²) in [7, 11) is 0. The van der Waals surface area contributed by atoms with Crippen LogP contribution in [0.5, 0.6) is 0 Å². The van der Waals surface area contributed by atoms with Crippen molar-refractivity contribution in [2.24, 2.45) is 0 Å². The molecular formula is C15H16ClF4N5O. The molecule has 1 aromatic carbocycles. The van der Waals surface area contributed by atoms with Crippen molar-refractivity contribution in [3.63, 3.8) is 0 Å². The number of para-hydroxylation sites is 1. The van der Waals surface area contributed by atoms with Crippen LogP contribution in [0.2, 0.25) is 0 Å². The van der Waals surface area contributed by atoms with Crippen molar-refractivity contribution in [2.45, 2.75) is 12.6 Å². The van der Waals surface area contributed by atoms with Gasteiger partial charge >= 0.3 is 6.18 Å². The van der Waals surface area contributed by atoms with Gasteiger partial charge in [0.15, 0.2) is 11.4 Å². The summed E-state index contributed by atoms with van der Waals surface area (Å²) in [5.41, 5.74) is -2.61. The monoisotopic (exact) mass is 393 g/mol. The van der Waals surface area contributed by atoms with Crippen molar-refractivity contribution >= 4 is 18.3 Å². The van der Waals surface area contributed by atoms with E-state index in [2.05, 4.69) is 15.6 Å². The van der Waals surface area contributed by atoms with Crippen LogP contribution in [-0.4, -0.2) is 52.0 Å². The number of aromatic nitrogens is 3. The zero-order chi connectivity index (χ0) is 18.0. The molecule has 0 aliphatic carbocycles. The Bertz CT molecular complexity index is 772. The number of hydrogen-bond acceptors (Lipinski definition) is 4. The Morgan fingerprint density at radius 3 is 2.58 bits per heavy atom. The van der Waals surface area contributed by atoms with Crippen LogP contribution >= 0.6 is 12.4 Å². The minimum atomic E-state index is -4.92. The number of amides is 1. The van der Waals surface area contributed by atoms with Crippen molar-refractivity contribution in [1.29, 1.82) is 0 Å². The van der Waals surface area contributed by atoms with Gasteiger partial charge in [0, 0.05) is 19.6 Å². The summed E-state index contributed by atoms with van der Waals surface area (Å²) in [6.45, 7) is 1.74. The van der Waals surface area contributed by atoms with Crippen LogP contribution in [0.15, 0.2) is 24.3 Å². The Kier molecular flexibility index (Phi) is 6.19. The Balaban J connectivity index is 0.00000243. The van der Waals surface area contributed by atoms with Gasteiger partial charge in [-0.1, -0.05) is 17.3 Å². The van der Waals surface area contributed by atoms with Crippen molar-refractivity contribution in [3.05, 3.63) is 41.5 Å². The molecule has 26 heavy (non-hydrogen) atoms. The van der Waals surface area contributed by atoms with Gasteiger partial charge in [-0.05, 0) is 25.1 Å². The molecule has 0 radical (unpaired) electrons. The second-order valence-corrected chi connectivity index (χ2v) is 5.54. The first-order valence-corrected chi connectivity index (χ1v) is 7.67. The third kappa shape index (κ3) is 3.96. The Labute approximate surface area is 152 Å². The number of carbonyl (C=O) groups is 1. The van der Waals surface area contributed by atoms with Crippen molar-refractivity contribution in [2.75, 3.05) is 26.2 Å². The highest BCUT2D eigenvalue weighted by Gasteiger charge is 2.43. The number of carbonyl (C=O) groups excluding carboxylic acids is 1. The van der Waals surface area contributed by atoms with Gasteiger partial charge in [0.05, 0.1) is 0 Å². The van der Waals surface area contributed by atoms with Gasteiger partial charge in [-0.3, -0.25) is 4.79 Å². The highest BCUT2D eigenvalue weighted by Crippen LogP contribution is 2.33. The summed E-state index contributed by atoms with van der Waals surface area (Å²) in [4.78, 5) is 13.8. The number of alkyl halides is 3. The number of halogens is 5. The van der Waals surface area contributed by atoms with E-state index in [-0.39, 0.29) is 19.0 Å². The molecule has 1 amide bonds. The number of hydrogen-bond donors (Lipinski definition) is 1. The minimum absolute atomic E-state index is 0. The van der Waals surface area contributed by atoms with Crippen molar-refractivity contribution in [1.82, 2.24) is 25.2 Å². The van der Waals surface area contributed by atoms with Crippen LogP contribution < -0.4 is 5.32 Å². The van der Waals surface area contributed by atoms with E-state index in [0.717, 1.165) is 12.1 Å². The third-order valence-corrected chi connectivity index (χ3v) is 3.85. The molecule has 0 saturated carbocycles. The minimum Gasteiger partial charge on any atom is -0.336 e. The molecule has 1 saturated heterocycles. The molecular weight excluding hydrogens is 378 g/mol. The molecule has 3 rings (SSSR count). The van der Waals surface area contributed by atoms with Crippen molar-refractivity contribution in [3.8, 4) is 5.69 Å². The van der Waals surface area contributed by atoms with E-state index in [1.807, 2.05) is 0 Å². The lowest BCUT2D eigenvalue weighted by molar-refractivity contribution is -0.143. The largest absolute Gasteiger partial charge is 0.435 e. The lowest BCUT2D eigenvalue weighted by Crippen LogP contribution is -2.35. The fourth-order valence-corrected chi connectivity index (χ4v) is 2.67. The molecule has 142 valence electrons. The maximum atomic E-state index is 13.9. The average Bonchev–Trinajstić information content (AvgIpc) is 2.83. The van der Waals surface area contributed by atoms with Crippen LogP contribution in [0.3, 0.4) is 0 Å². The van der Waals surface area contributed by atoms with Gasteiger partial charge in [0.2, 0.25) is 0 Å². The maximum Gasteiger partial charge on any atom is 0.435 e. The SMILES string of the molecule is Cl.O=C(c1nnn(-c2ccccc2F)c1C(F)(F)F)N1CCCNCC1. The quantitative estimate of drug-likeness (QED) is 0.795. The number of nitrogens with one attached hydrogen (secondary N) is 1. The molecule has 1 fully saturated rings. The van der Waals surface area contributed by atoms with Crippen LogP contribution in [0.4, 0.5) is 17.6 Å². The highest BCUT2D eigenvalue weighted by atomic mass is 35.5. The lowest BCUT2D eigenvalue weighted by Gasteiger charge is -2.19. The number of rotatable bonds is 2. The van der Waals surface area contributed by atoms with Crippen LogP contribution in [0, 0.1) is 5.82 Å². The topological polar surface area (TPSA) is 63.1 Å². The van der Waals surface area contributed by atoms with E-state index in [1.54, 1.807) is 0 Å². The summed E-state index contributed by atoms with van der Waals surface area (Å²) in [6.07, 6.45) is -4.30. The Morgan fingerprint density at radius 1 is 1.15 bits per heavy atom.